The Morgan fingerprint density at radius 2 is 2.00 bits per heavy atom. The molecule has 0 atom stereocenters. The van der Waals surface area contributed by atoms with E-state index in [4.69, 9.17) is 17.3 Å². The second-order valence-electron chi connectivity index (χ2n) is 7.17. The van der Waals surface area contributed by atoms with E-state index in [0.717, 1.165) is 11.3 Å². The van der Waals surface area contributed by atoms with Gasteiger partial charge in [-0.1, -0.05) is 11.6 Å². The van der Waals surface area contributed by atoms with Gasteiger partial charge in [-0.25, -0.2) is 14.1 Å². The first-order valence-corrected chi connectivity index (χ1v) is 11.2. The van der Waals surface area contributed by atoms with Crippen molar-refractivity contribution in [1.82, 2.24) is 24.7 Å². The lowest BCUT2D eigenvalue weighted by atomic mass is 10.1. The highest BCUT2D eigenvalue weighted by Crippen LogP contribution is 2.29. The first kappa shape index (κ1) is 21.7. The summed E-state index contributed by atoms with van der Waals surface area (Å²) in [7, 11) is 0. The first-order chi connectivity index (χ1) is 16.5. The van der Waals surface area contributed by atoms with Crippen LogP contribution in [0.15, 0.2) is 71.9 Å². The van der Waals surface area contributed by atoms with Crippen molar-refractivity contribution in [3.8, 4) is 28.2 Å². The summed E-state index contributed by atoms with van der Waals surface area (Å²) in [5.74, 6) is -0.436. The number of nitrogens with zero attached hydrogens (tertiary/aromatic N) is 5. The summed E-state index contributed by atoms with van der Waals surface area (Å²) in [5.41, 5.74) is 9.13. The number of anilines is 2. The number of hydrogen-bond acceptors (Lipinski definition) is 7. The van der Waals surface area contributed by atoms with E-state index in [-0.39, 0.29) is 16.5 Å². The Hall–Kier alpha value is -4.15. The van der Waals surface area contributed by atoms with Crippen molar-refractivity contribution in [3.05, 3.63) is 88.3 Å². The van der Waals surface area contributed by atoms with Gasteiger partial charge in [-0.2, -0.15) is 21.4 Å². The van der Waals surface area contributed by atoms with Gasteiger partial charge in [-0.3, -0.25) is 9.78 Å². The monoisotopic (exact) mass is 491 g/mol. The summed E-state index contributed by atoms with van der Waals surface area (Å²) < 4.78 is 15.1. The molecule has 1 amide bonds. The van der Waals surface area contributed by atoms with E-state index in [9.17, 15) is 9.18 Å². The summed E-state index contributed by atoms with van der Waals surface area (Å²) >= 11 is 7.47. The molecule has 0 bridgehead atoms. The Kier molecular flexibility index (Phi) is 5.74. The smallest absolute Gasteiger partial charge is 0.250 e. The molecule has 5 rings (SSSR count). The van der Waals surface area contributed by atoms with Crippen LogP contribution in [0.2, 0.25) is 5.02 Å². The zero-order valence-corrected chi connectivity index (χ0v) is 18.9. The summed E-state index contributed by atoms with van der Waals surface area (Å²) in [4.78, 5) is 24.8. The van der Waals surface area contributed by atoms with Crippen molar-refractivity contribution < 1.29 is 9.18 Å². The fourth-order valence-electron chi connectivity index (χ4n) is 3.24. The van der Waals surface area contributed by atoms with E-state index in [1.807, 2.05) is 22.9 Å². The van der Waals surface area contributed by atoms with E-state index in [1.54, 1.807) is 40.7 Å². The maximum atomic E-state index is 13.5. The molecule has 8 nitrogen and oxygen atoms in total. The number of halogens is 2. The van der Waals surface area contributed by atoms with Crippen molar-refractivity contribution in [2.75, 3.05) is 5.32 Å². The van der Waals surface area contributed by atoms with Crippen molar-refractivity contribution in [1.29, 1.82) is 0 Å². The number of hydrogen-bond donors (Lipinski definition) is 2. The third kappa shape index (κ3) is 4.36. The molecule has 5 aromatic rings. The summed E-state index contributed by atoms with van der Waals surface area (Å²) in [6.07, 6.45) is 6.35. The molecule has 0 aliphatic carbocycles. The largest absolute Gasteiger partial charge is 0.366 e. The van der Waals surface area contributed by atoms with Crippen LogP contribution in [-0.2, 0) is 0 Å². The lowest BCUT2D eigenvalue weighted by molar-refractivity contribution is 0.1000. The number of thiophene rings is 1. The maximum Gasteiger partial charge on any atom is 0.250 e. The quantitative estimate of drug-likeness (QED) is 0.342. The number of primary amides is 1. The molecule has 34 heavy (non-hydrogen) atoms. The number of nitrogens with two attached hydrogens (primary N) is 1. The topological polar surface area (TPSA) is 112 Å². The lowest BCUT2D eigenvalue weighted by Gasteiger charge is -2.12. The molecule has 0 spiro atoms. The van der Waals surface area contributed by atoms with E-state index in [1.165, 1.54) is 24.4 Å². The Morgan fingerprint density at radius 3 is 2.76 bits per heavy atom. The minimum atomic E-state index is -0.595. The summed E-state index contributed by atoms with van der Waals surface area (Å²) in [5, 5.41) is 11.6. The molecule has 11 heteroatoms. The number of rotatable bonds is 6. The van der Waals surface area contributed by atoms with Gasteiger partial charge in [-0.15, -0.1) is 0 Å². The lowest BCUT2D eigenvalue weighted by Crippen LogP contribution is -2.11. The molecular formula is C23H15ClFN7OS. The summed E-state index contributed by atoms with van der Waals surface area (Å²) in [6, 6.07) is 9.69. The Morgan fingerprint density at radius 1 is 1.12 bits per heavy atom. The van der Waals surface area contributed by atoms with Gasteiger partial charge in [0.15, 0.2) is 5.82 Å². The Labute approximate surface area is 201 Å². The average Bonchev–Trinajstić information content (AvgIpc) is 3.54. The molecule has 168 valence electrons. The van der Waals surface area contributed by atoms with Gasteiger partial charge in [0.25, 0.3) is 0 Å². The molecule has 0 aliphatic heterocycles. The first-order valence-electron chi connectivity index (χ1n) is 9.91. The number of pyridine rings is 1. The predicted molar refractivity (Wildman–Crippen MR) is 129 cm³/mol. The molecule has 0 saturated carbocycles. The highest BCUT2D eigenvalue weighted by atomic mass is 35.5. The molecule has 3 N–H and O–H groups in total. The second-order valence-corrected chi connectivity index (χ2v) is 8.36. The molecular weight excluding hydrogens is 477 g/mol. The minimum Gasteiger partial charge on any atom is -0.366 e. The molecule has 4 aromatic heterocycles. The fourth-order valence-corrected chi connectivity index (χ4v) is 4.07. The normalized spacial score (nSPS) is 10.9. The van der Waals surface area contributed by atoms with E-state index >= 15 is 0 Å². The zero-order valence-electron chi connectivity index (χ0n) is 17.3. The fraction of sp³-hybridized carbons (Fsp3) is 0. The number of nitrogens with one attached hydrogen (secondary N) is 1. The van der Waals surface area contributed by atoms with Crippen LogP contribution in [0, 0.1) is 5.82 Å². The molecule has 1 aromatic carbocycles. The van der Waals surface area contributed by atoms with E-state index < -0.39 is 11.7 Å². The molecule has 0 saturated heterocycles. The van der Waals surface area contributed by atoms with Crippen molar-refractivity contribution in [2.24, 2.45) is 5.73 Å². The van der Waals surface area contributed by atoms with Crippen LogP contribution >= 0.6 is 22.9 Å². The minimum absolute atomic E-state index is 0.0244. The number of carbonyl (C=O) groups excluding carboxylic acids is 1. The number of amides is 1. The van der Waals surface area contributed by atoms with Gasteiger partial charge in [0.2, 0.25) is 11.9 Å². The standard InChI is InChI=1S/C23H15ClFN7OS/c24-18-8-16(1-2-19(18)25)29-23-28-11-17(14-7-15(21(26)33)10-27-9-14)22(30-23)32-5-3-20(31-32)13-4-6-34-12-13/h1-12H,(H2,26,33)(H,28,29,30). The third-order valence-corrected chi connectivity index (χ3v) is 5.87. The van der Waals surface area contributed by atoms with Crippen LogP contribution in [0.4, 0.5) is 16.0 Å². The molecule has 4 heterocycles. The number of benzene rings is 1. The van der Waals surface area contributed by atoms with Crippen LogP contribution in [-0.4, -0.2) is 30.6 Å². The van der Waals surface area contributed by atoms with E-state index in [2.05, 4.69) is 25.4 Å². The van der Waals surface area contributed by atoms with Gasteiger partial charge in [0.1, 0.15) is 5.82 Å². The highest BCUT2D eigenvalue weighted by molar-refractivity contribution is 7.08. The van der Waals surface area contributed by atoms with Crippen LogP contribution in [0.25, 0.3) is 28.2 Å². The van der Waals surface area contributed by atoms with Crippen molar-refractivity contribution in [3.63, 3.8) is 0 Å². The van der Waals surface area contributed by atoms with Gasteiger partial charge in [0.05, 0.1) is 16.3 Å². The number of carbonyl (C=O) groups is 1. The Bertz CT molecular complexity index is 1500. The van der Waals surface area contributed by atoms with Crippen LogP contribution in [0.5, 0.6) is 0 Å². The van der Waals surface area contributed by atoms with Crippen LogP contribution < -0.4 is 11.1 Å². The van der Waals surface area contributed by atoms with Crippen molar-refractivity contribution in [2.45, 2.75) is 0 Å². The van der Waals surface area contributed by atoms with Gasteiger partial charge < -0.3 is 11.1 Å². The SMILES string of the molecule is NC(=O)c1cncc(-c2cnc(Nc3ccc(F)c(Cl)c3)nc2-n2ccc(-c3ccsc3)n2)c1. The predicted octanol–water partition coefficient (Wildman–Crippen LogP) is 5.09. The molecule has 0 radical (unpaired) electrons. The van der Waals surface area contributed by atoms with Crippen LogP contribution in [0.1, 0.15) is 10.4 Å². The maximum absolute atomic E-state index is 13.5. The average molecular weight is 492 g/mol. The molecule has 0 unspecified atom stereocenters. The van der Waals surface area contributed by atoms with E-state index in [0.29, 0.717) is 22.6 Å². The van der Waals surface area contributed by atoms with Crippen LogP contribution in [0.3, 0.4) is 0 Å². The van der Waals surface area contributed by atoms with Gasteiger partial charge in [-0.05, 0) is 41.8 Å². The third-order valence-electron chi connectivity index (χ3n) is 4.90. The Balaban J connectivity index is 1.60. The molecule has 0 fully saturated rings. The van der Waals surface area contributed by atoms with Gasteiger partial charge in [0, 0.05) is 52.5 Å². The van der Waals surface area contributed by atoms with Crippen molar-refractivity contribution >= 4 is 40.5 Å². The number of aromatic nitrogens is 5. The zero-order chi connectivity index (χ0) is 23.7. The second kappa shape index (κ2) is 9.00. The molecule has 0 aliphatic rings. The highest BCUT2D eigenvalue weighted by Gasteiger charge is 2.16. The van der Waals surface area contributed by atoms with Gasteiger partial charge >= 0.3 is 0 Å². The summed E-state index contributed by atoms with van der Waals surface area (Å²) in [6.45, 7) is 0.